The fourth-order valence-electron chi connectivity index (χ4n) is 3.50. The Morgan fingerprint density at radius 2 is 2.15 bits per heavy atom. The van der Waals surface area contributed by atoms with Crippen molar-refractivity contribution in [1.82, 2.24) is 0 Å². The summed E-state index contributed by atoms with van der Waals surface area (Å²) < 4.78 is 0. The Labute approximate surface area is 127 Å². The van der Waals surface area contributed by atoms with Gasteiger partial charge in [-0.15, -0.1) is 0 Å². The predicted molar refractivity (Wildman–Crippen MR) is 86.3 cm³/mol. The molecular formula is C17H26ClNO. The first-order valence-corrected chi connectivity index (χ1v) is 8.06. The van der Waals surface area contributed by atoms with Crippen molar-refractivity contribution in [3.8, 4) is 0 Å². The molecule has 20 heavy (non-hydrogen) atoms. The van der Waals surface area contributed by atoms with Gasteiger partial charge >= 0.3 is 0 Å². The lowest BCUT2D eigenvalue weighted by Gasteiger charge is -2.42. The van der Waals surface area contributed by atoms with Crippen molar-refractivity contribution in [2.24, 2.45) is 11.8 Å². The summed E-state index contributed by atoms with van der Waals surface area (Å²) in [5.74, 6) is 1.42. The lowest BCUT2D eigenvalue weighted by Crippen LogP contribution is -2.46. The van der Waals surface area contributed by atoms with Crippen molar-refractivity contribution in [2.75, 3.05) is 11.9 Å². The molecule has 2 rings (SSSR count). The van der Waals surface area contributed by atoms with Gasteiger partial charge in [-0.1, -0.05) is 50.4 Å². The normalized spacial score (nSPS) is 26.8. The van der Waals surface area contributed by atoms with Crippen molar-refractivity contribution in [1.29, 1.82) is 0 Å². The highest BCUT2D eigenvalue weighted by Gasteiger charge is 2.36. The molecule has 3 heteroatoms. The van der Waals surface area contributed by atoms with Gasteiger partial charge in [-0.3, -0.25) is 0 Å². The van der Waals surface area contributed by atoms with Crippen LogP contribution in [0.4, 0.5) is 5.69 Å². The van der Waals surface area contributed by atoms with E-state index in [0.29, 0.717) is 5.92 Å². The Bertz CT molecular complexity index is 435. The van der Waals surface area contributed by atoms with Crippen molar-refractivity contribution < 1.29 is 5.11 Å². The average molecular weight is 296 g/mol. The van der Waals surface area contributed by atoms with Gasteiger partial charge in [-0.25, -0.2) is 0 Å². The summed E-state index contributed by atoms with van der Waals surface area (Å²) in [6.07, 6.45) is 5.75. The molecule has 1 aromatic carbocycles. The summed E-state index contributed by atoms with van der Waals surface area (Å²) in [4.78, 5) is 0. The molecule has 0 aromatic heterocycles. The van der Waals surface area contributed by atoms with Gasteiger partial charge in [0.1, 0.15) is 0 Å². The molecule has 0 spiro atoms. The Morgan fingerprint density at radius 3 is 2.80 bits per heavy atom. The third kappa shape index (κ3) is 3.89. The van der Waals surface area contributed by atoms with Gasteiger partial charge in [0, 0.05) is 0 Å². The molecule has 2 nitrogen and oxygen atoms in total. The van der Waals surface area contributed by atoms with Crippen molar-refractivity contribution in [3.05, 3.63) is 29.3 Å². The number of aliphatic hydroxyl groups is 1. The van der Waals surface area contributed by atoms with Crippen LogP contribution in [0.15, 0.2) is 24.3 Å². The molecule has 2 N–H and O–H groups in total. The van der Waals surface area contributed by atoms with Crippen LogP contribution < -0.4 is 5.32 Å². The largest absolute Gasteiger partial charge is 0.394 e. The first-order valence-electron chi connectivity index (χ1n) is 7.68. The number of para-hydroxylation sites is 1. The molecule has 2 unspecified atom stereocenters. The van der Waals surface area contributed by atoms with E-state index < -0.39 is 0 Å². The van der Waals surface area contributed by atoms with Crippen LogP contribution in [-0.4, -0.2) is 17.3 Å². The average Bonchev–Trinajstić information content (AvgIpc) is 2.41. The maximum absolute atomic E-state index is 9.94. The molecule has 0 saturated heterocycles. The molecular weight excluding hydrogens is 270 g/mol. The SMILES string of the molecule is CC(C)CC1CCCC(CO)(Nc2ccccc2Cl)C1. The number of aliphatic hydroxyl groups excluding tert-OH is 1. The van der Waals surface area contributed by atoms with Crippen LogP contribution in [0.5, 0.6) is 0 Å². The third-order valence-corrected chi connectivity index (χ3v) is 4.66. The van der Waals surface area contributed by atoms with Gasteiger partial charge in [-0.05, 0) is 43.2 Å². The lowest BCUT2D eigenvalue weighted by molar-refractivity contribution is 0.135. The van der Waals surface area contributed by atoms with Crippen LogP contribution in [0.1, 0.15) is 46.0 Å². The van der Waals surface area contributed by atoms with E-state index in [1.165, 1.54) is 19.3 Å². The van der Waals surface area contributed by atoms with E-state index >= 15 is 0 Å². The van der Waals surface area contributed by atoms with Gasteiger partial charge in [0.2, 0.25) is 0 Å². The van der Waals surface area contributed by atoms with E-state index in [-0.39, 0.29) is 12.1 Å². The summed E-state index contributed by atoms with van der Waals surface area (Å²) >= 11 is 6.24. The van der Waals surface area contributed by atoms with Crippen LogP contribution in [0.3, 0.4) is 0 Å². The van der Waals surface area contributed by atoms with Crippen LogP contribution in [0.25, 0.3) is 0 Å². The van der Waals surface area contributed by atoms with E-state index in [2.05, 4.69) is 19.2 Å². The van der Waals surface area contributed by atoms with Crippen molar-refractivity contribution in [3.63, 3.8) is 0 Å². The minimum Gasteiger partial charge on any atom is -0.394 e. The van der Waals surface area contributed by atoms with E-state index in [1.54, 1.807) is 0 Å². The second kappa shape index (κ2) is 6.82. The minimum absolute atomic E-state index is 0.173. The Balaban J connectivity index is 2.10. The highest BCUT2D eigenvalue weighted by molar-refractivity contribution is 6.33. The second-order valence-corrected chi connectivity index (χ2v) is 7.04. The van der Waals surface area contributed by atoms with E-state index in [9.17, 15) is 5.11 Å². The number of hydrogen-bond acceptors (Lipinski definition) is 2. The molecule has 0 radical (unpaired) electrons. The quantitative estimate of drug-likeness (QED) is 0.824. The molecule has 1 aliphatic rings. The summed E-state index contributed by atoms with van der Waals surface area (Å²) in [7, 11) is 0. The smallest absolute Gasteiger partial charge is 0.0661 e. The Hall–Kier alpha value is -0.730. The Kier molecular flexibility index (Phi) is 5.34. The lowest BCUT2D eigenvalue weighted by atomic mass is 9.73. The van der Waals surface area contributed by atoms with E-state index in [4.69, 9.17) is 11.6 Å². The molecule has 112 valence electrons. The highest BCUT2D eigenvalue weighted by Crippen LogP contribution is 2.38. The summed E-state index contributed by atoms with van der Waals surface area (Å²) in [6, 6.07) is 7.80. The molecule has 1 aliphatic carbocycles. The number of halogens is 1. The number of anilines is 1. The molecule has 0 amide bonds. The van der Waals surface area contributed by atoms with Crippen molar-refractivity contribution in [2.45, 2.75) is 51.5 Å². The van der Waals surface area contributed by atoms with Gasteiger partial charge in [0.05, 0.1) is 22.9 Å². The first kappa shape index (κ1) is 15.7. The standard InChI is InChI=1S/C17H26ClNO/c1-13(2)10-14-6-5-9-17(11-14,12-20)19-16-8-4-3-7-15(16)18/h3-4,7-8,13-14,19-20H,5-6,9-12H2,1-2H3. The van der Waals surface area contributed by atoms with Crippen LogP contribution in [-0.2, 0) is 0 Å². The van der Waals surface area contributed by atoms with Gasteiger partial charge in [0.15, 0.2) is 0 Å². The fourth-order valence-corrected chi connectivity index (χ4v) is 3.68. The predicted octanol–water partition coefficient (Wildman–Crippen LogP) is 4.72. The van der Waals surface area contributed by atoms with E-state index in [1.807, 2.05) is 24.3 Å². The molecule has 1 aromatic rings. The van der Waals surface area contributed by atoms with Crippen LogP contribution >= 0.6 is 11.6 Å². The maximum atomic E-state index is 9.94. The monoisotopic (exact) mass is 295 g/mol. The van der Waals surface area contributed by atoms with Crippen molar-refractivity contribution >= 4 is 17.3 Å². The Morgan fingerprint density at radius 1 is 1.40 bits per heavy atom. The topological polar surface area (TPSA) is 32.3 Å². The highest BCUT2D eigenvalue weighted by atomic mass is 35.5. The minimum atomic E-state index is -0.206. The zero-order chi connectivity index (χ0) is 14.6. The number of benzene rings is 1. The molecule has 0 aliphatic heterocycles. The number of rotatable bonds is 5. The fraction of sp³-hybridized carbons (Fsp3) is 0.647. The van der Waals surface area contributed by atoms with Gasteiger partial charge in [-0.2, -0.15) is 0 Å². The summed E-state index contributed by atoms with van der Waals surface area (Å²) in [5.41, 5.74) is 0.733. The van der Waals surface area contributed by atoms with E-state index in [0.717, 1.165) is 29.5 Å². The van der Waals surface area contributed by atoms with Gasteiger partial charge in [0.25, 0.3) is 0 Å². The van der Waals surface area contributed by atoms with Gasteiger partial charge < -0.3 is 10.4 Å². The van der Waals surface area contributed by atoms with Crippen LogP contribution in [0, 0.1) is 11.8 Å². The first-order chi connectivity index (χ1) is 9.54. The third-order valence-electron chi connectivity index (χ3n) is 4.33. The molecule has 1 fully saturated rings. The maximum Gasteiger partial charge on any atom is 0.0661 e. The zero-order valence-electron chi connectivity index (χ0n) is 12.5. The summed E-state index contributed by atoms with van der Waals surface area (Å²) in [5, 5.41) is 14.2. The second-order valence-electron chi connectivity index (χ2n) is 6.64. The van der Waals surface area contributed by atoms with Crippen LogP contribution in [0.2, 0.25) is 5.02 Å². The molecule has 2 atom stereocenters. The number of hydrogen-bond donors (Lipinski definition) is 2. The molecule has 0 bridgehead atoms. The molecule has 1 saturated carbocycles. The zero-order valence-corrected chi connectivity index (χ0v) is 13.3. The summed E-state index contributed by atoms with van der Waals surface area (Å²) in [6.45, 7) is 4.72. The number of nitrogens with one attached hydrogen (secondary N) is 1. The molecule has 0 heterocycles.